The number of sulfonamides is 1. The number of benzene rings is 2. The molecule has 1 fully saturated rings. The van der Waals surface area contributed by atoms with E-state index in [-0.39, 0.29) is 10.8 Å². The summed E-state index contributed by atoms with van der Waals surface area (Å²) in [6.07, 6.45) is 3.26. The van der Waals surface area contributed by atoms with E-state index in [1.54, 1.807) is 6.20 Å². The summed E-state index contributed by atoms with van der Waals surface area (Å²) >= 11 is 0. The van der Waals surface area contributed by atoms with Crippen LogP contribution in [0.3, 0.4) is 0 Å². The van der Waals surface area contributed by atoms with Gasteiger partial charge in [-0.25, -0.2) is 13.4 Å². The SMILES string of the molecule is O=C(Nc1ccc(N2CCOCC2)nc1)c1ccc(S(=O)(=O)N2CCCc3ccccc32)cc1. The monoisotopic (exact) mass is 478 g/mol. The maximum atomic E-state index is 13.3. The van der Waals surface area contributed by atoms with Crippen molar-refractivity contribution in [3.8, 4) is 0 Å². The zero-order valence-electron chi connectivity index (χ0n) is 18.7. The van der Waals surface area contributed by atoms with Crippen LogP contribution in [0.5, 0.6) is 0 Å². The van der Waals surface area contributed by atoms with Gasteiger partial charge in [-0.3, -0.25) is 9.10 Å². The van der Waals surface area contributed by atoms with Crippen molar-refractivity contribution < 1.29 is 17.9 Å². The van der Waals surface area contributed by atoms with E-state index in [1.807, 2.05) is 36.4 Å². The number of hydrogen-bond acceptors (Lipinski definition) is 6. The molecule has 0 unspecified atom stereocenters. The lowest BCUT2D eigenvalue weighted by molar-refractivity contribution is 0.102. The average Bonchev–Trinajstić information content (AvgIpc) is 2.89. The van der Waals surface area contributed by atoms with Gasteiger partial charge >= 0.3 is 0 Å². The second kappa shape index (κ2) is 9.44. The molecular formula is C25H26N4O4S. The van der Waals surface area contributed by atoms with E-state index < -0.39 is 10.0 Å². The lowest BCUT2D eigenvalue weighted by Gasteiger charge is -2.30. The van der Waals surface area contributed by atoms with Gasteiger partial charge in [0.25, 0.3) is 15.9 Å². The Morgan fingerprint density at radius 1 is 0.941 bits per heavy atom. The number of carbonyl (C=O) groups excluding carboxylic acids is 1. The van der Waals surface area contributed by atoms with E-state index in [1.165, 1.54) is 28.6 Å². The predicted molar refractivity (Wildman–Crippen MR) is 131 cm³/mol. The van der Waals surface area contributed by atoms with Crippen LogP contribution in [0.1, 0.15) is 22.3 Å². The number of amides is 1. The van der Waals surface area contributed by atoms with E-state index in [2.05, 4.69) is 15.2 Å². The van der Waals surface area contributed by atoms with Gasteiger partial charge in [0.15, 0.2) is 0 Å². The molecule has 0 spiro atoms. The van der Waals surface area contributed by atoms with Crippen molar-refractivity contribution in [3.63, 3.8) is 0 Å². The first-order valence-corrected chi connectivity index (χ1v) is 12.8. The molecule has 3 aromatic rings. The van der Waals surface area contributed by atoms with E-state index in [0.717, 1.165) is 43.0 Å². The standard InChI is InChI=1S/C25H26N4O4S/c30-25(27-21-9-12-24(26-18-21)28-14-16-33-17-15-28)20-7-10-22(11-8-20)34(31,32)29-13-3-5-19-4-1-2-6-23(19)29/h1-2,4,6-12,18H,3,5,13-17H2,(H,27,30). The number of nitrogens with zero attached hydrogens (tertiary/aromatic N) is 3. The first kappa shape index (κ1) is 22.4. The molecule has 1 N–H and O–H groups in total. The van der Waals surface area contributed by atoms with Crippen LogP contribution in [-0.2, 0) is 21.2 Å². The molecule has 2 aliphatic heterocycles. The van der Waals surface area contributed by atoms with Crippen LogP contribution in [-0.4, -0.2) is 52.2 Å². The van der Waals surface area contributed by atoms with Crippen LogP contribution in [0.15, 0.2) is 71.8 Å². The predicted octanol–water partition coefficient (Wildman–Crippen LogP) is 3.31. The molecule has 0 bridgehead atoms. The zero-order valence-corrected chi connectivity index (χ0v) is 19.5. The van der Waals surface area contributed by atoms with Crippen LogP contribution in [0, 0.1) is 0 Å². The number of aryl methyl sites for hydroxylation is 1. The first-order valence-electron chi connectivity index (χ1n) is 11.3. The molecule has 2 aromatic carbocycles. The van der Waals surface area contributed by atoms with Gasteiger partial charge in [-0.15, -0.1) is 0 Å². The minimum Gasteiger partial charge on any atom is -0.378 e. The molecule has 5 rings (SSSR count). The highest BCUT2D eigenvalue weighted by Crippen LogP contribution is 2.31. The highest BCUT2D eigenvalue weighted by Gasteiger charge is 2.29. The van der Waals surface area contributed by atoms with Crippen LogP contribution >= 0.6 is 0 Å². The average molecular weight is 479 g/mol. The molecule has 0 aliphatic carbocycles. The number of anilines is 3. The number of fused-ring (bicyclic) bond motifs is 1. The Bertz CT molecular complexity index is 1270. The Morgan fingerprint density at radius 2 is 1.71 bits per heavy atom. The normalized spacial score (nSPS) is 16.1. The molecule has 0 saturated carbocycles. The number of rotatable bonds is 5. The van der Waals surface area contributed by atoms with E-state index >= 15 is 0 Å². The minimum atomic E-state index is -3.71. The van der Waals surface area contributed by atoms with Crippen molar-refractivity contribution in [2.45, 2.75) is 17.7 Å². The van der Waals surface area contributed by atoms with Crippen molar-refractivity contribution in [2.75, 3.05) is 47.4 Å². The number of hydrogen-bond donors (Lipinski definition) is 1. The molecule has 176 valence electrons. The summed E-state index contributed by atoms with van der Waals surface area (Å²) in [7, 11) is -3.71. The van der Waals surface area contributed by atoms with Crippen molar-refractivity contribution in [3.05, 3.63) is 78.0 Å². The summed E-state index contributed by atoms with van der Waals surface area (Å²) in [5, 5.41) is 2.82. The van der Waals surface area contributed by atoms with Crippen LogP contribution in [0.25, 0.3) is 0 Å². The molecule has 2 aliphatic rings. The molecule has 1 amide bonds. The van der Waals surface area contributed by atoms with E-state index in [4.69, 9.17) is 4.74 Å². The number of pyridine rings is 1. The second-order valence-electron chi connectivity index (χ2n) is 8.29. The fraction of sp³-hybridized carbons (Fsp3) is 0.280. The molecule has 1 aromatic heterocycles. The van der Waals surface area contributed by atoms with Gasteiger partial charge in [0.1, 0.15) is 5.82 Å². The summed E-state index contributed by atoms with van der Waals surface area (Å²) in [6, 6.07) is 17.3. The summed E-state index contributed by atoms with van der Waals surface area (Å²) in [5.41, 5.74) is 2.70. The molecule has 0 radical (unpaired) electrons. The van der Waals surface area contributed by atoms with Crippen LogP contribution in [0.4, 0.5) is 17.2 Å². The Kier molecular flexibility index (Phi) is 6.21. The maximum Gasteiger partial charge on any atom is 0.264 e. The third-order valence-electron chi connectivity index (χ3n) is 6.11. The molecule has 34 heavy (non-hydrogen) atoms. The molecule has 0 atom stereocenters. The minimum absolute atomic E-state index is 0.164. The van der Waals surface area contributed by atoms with Crippen LogP contribution < -0.4 is 14.5 Å². The first-order chi connectivity index (χ1) is 16.5. The number of para-hydroxylation sites is 1. The largest absolute Gasteiger partial charge is 0.378 e. The molecule has 3 heterocycles. The van der Waals surface area contributed by atoms with Crippen molar-refractivity contribution >= 4 is 33.1 Å². The summed E-state index contributed by atoms with van der Waals surface area (Å²) < 4.78 is 33.4. The van der Waals surface area contributed by atoms with Gasteiger partial charge < -0.3 is 15.0 Å². The van der Waals surface area contributed by atoms with Crippen molar-refractivity contribution in [1.29, 1.82) is 0 Å². The topological polar surface area (TPSA) is 91.8 Å². The number of carbonyl (C=O) groups is 1. The van der Waals surface area contributed by atoms with Gasteiger partial charge in [-0.1, -0.05) is 18.2 Å². The number of morpholine rings is 1. The summed E-state index contributed by atoms with van der Waals surface area (Å²) in [4.78, 5) is 19.4. The molecular weight excluding hydrogens is 452 g/mol. The maximum absolute atomic E-state index is 13.3. The number of ether oxygens (including phenoxy) is 1. The fourth-order valence-corrected chi connectivity index (χ4v) is 5.84. The Morgan fingerprint density at radius 3 is 2.44 bits per heavy atom. The van der Waals surface area contributed by atoms with E-state index in [0.29, 0.717) is 31.0 Å². The molecule has 1 saturated heterocycles. The highest BCUT2D eigenvalue weighted by molar-refractivity contribution is 7.92. The molecule has 8 nitrogen and oxygen atoms in total. The van der Waals surface area contributed by atoms with Gasteiger partial charge in [-0.2, -0.15) is 0 Å². The van der Waals surface area contributed by atoms with Crippen LogP contribution in [0.2, 0.25) is 0 Å². The Hall–Kier alpha value is -3.43. The quantitative estimate of drug-likeness (QED) is 0.605. The van der Waals surface area contributed by atoms with Gasteiger partial charge in [-0.05, 0) is 60.9 Å². The lowest BCUT2D eigenvalue weighted by Crippen LogP contribution is -2.36. The third-order valence-corrected chi connectivity index (χ3v) is 7.94. The lowest BCUT2D eigenvalue weighted by atomic mass is 10.0. The Balaban J connectivity index is 1.28. The Labute approximate surface area is 199 Å². The smallest absolute Gasteiger partial charge is 0.264 e. The number of nitrogens with one attached hydrogen (secondary N) is 1. The van der Waals surface area contributed by atoms with E-state index in [9.17, 15) is 13.2 Å². The highest BCUT2D eigenvalue weighted by atomic mass is 32.2. The zero-order chi connectivity index (χ0) is 23.5. The van der Waals surface area contributed by atoms with Crippen molar-refractivity contribution in [2.24, 2.45) is 0 Å². The summed E-state index contributed by atoms with van der Waals surface area (Å²) in [6.45, 7) is 3.37. The fourth-order valence-electron chi connectivity index (χ4n) is 4.30. The third kappa shape index (κ3) is 4.49. The molecule has 9 heteroatoms. The second-order valence-corrected chi connectivity index (χ2v) is 10.2. The number of aromatic nitrogens is 1. The van der Waals surface area contributed by atoms with Crippen molar-refractivity contribution in [1.82, 2.24) is 4.98 Å². The van der Waals surface area contributed by atoms with Gasteiger partial charge in [0, 0.05) is 25.2 Å². The van der Waals surface area contributed by atoms with Gasteiger partial charge in [0.05, 0.1) is 35.7 Å². The summed E-state index contributed by atoms with van der Waals surface area (Å²) in [5.74, 6) is 0.517. The van der Waals surface area contributed by atoms with Gasteiger partial charge in [0.2, 0.25) is 0 Å².